The Hall–Kier alpha value is -2.01. The first-order valence-electron chi connectivity index (χ1n) is 8.66. The van der Waals surface area contributed by atoms with Crippen LogP contribution < -0.4 is 9.47 Å². The van der Waals surface area contributed by atoms with E-state index in [1.807, 2.05) is 19.9 Å². The SMILES string of the molecule is CC(C)C(=O)c1c(O)c2c(c3c1OC(C)(C)C(O)C3)OC(C)(C)C=C2. The van der Waals surface area contributed by atoms with Gasteiger partial charge in [-0.15, -0.1) is 0 Å². The molecule has 136 valence electrons. The van der Waals surface area contributed by atoms with Crippen LogP contribution in [0.15, 0.2) is 6.08 Å². The molecule has 0 bridgehead atoms. The van der Waals surface area contributed by atoms with Crippen LogP contribution in [0.2, 0.25) is 0 Å². The summed E-state index contributed by atoms with van der Waals surface area (Å²) < 4.78 is 12.1. The molecule has 0 aliphatic carbocycles. The zero-order valence-corrected chi connectivity index (χ0v) is 15.6. The van der Waals surface area contributed by atoms with Crippen molar-refractivity contribution in [3.05, 3.63) is 22.8 Å². The van der Waals surface area contributed by atoms with Crippen molar-refractivity contribution in [1.29, 1.82) is 0 Å². The van der Waals surface area contributed by atoms with Crippen LogP contribution in [0.5, 0.6) is 17.2 Å². The summed E-state index contributed by atoms with van der Waals surface area (Å²) in [4.78, 5) is 12.8. The van der Waals surface area contributed by atoms with Gasteiger partial charge < -0.3 is 19.7 Å². The van der Waals surface area contributed by atoms with Gasteiger partial charge in [0.2, 0.25) is 0 Å². The average molecular weight is 346 g/mol. The summed E-state index contributed by atoms with van der Waals surface area (Å²) in [6.45, 7) is 10.9. The molecular weight excluding hydrogens is 320 g/mol. The molecule has 0 fully saturated rings. The monoisotopic (exact) mass is 346 g/mol. The molecule has 2 N–H and O–H groups in total. The number of phenolic OH excluding ortho intramolecular Hbond substituents is 1. The number of carbonyl (C=O) groups is 1. The molecule has 0 aromatic heterocycles. The van der Waals surface area contributed by atoms with E-state index < -0.39 is 17.3 Å². The minimum Gasteiger partial charge on any atom is -0.506 e. The highest BCUT2D eigenvalue weighted by Crippen LogP contribution is 2.51. The zero-order chi connectivity index (χ0) is 18.7. The van der Waals surface area contributed by atoms with Crippen LogP contribution in [-0.2, 0) is 6.42 Å². The summed E-state index contributed by atoms with van der Waals surface area (Å²) >= 11 is 0. The molecule has 1 aromatic carbocycles. The summed E-state index contributed by atoms with van der Waals surface area (Å²) in [7, 11) is 0. The summed E-state index contributed by atoms with van der Waals surface area (Å²) in [6, 6.07) is 0. The Balaban J connectivity index is 2.33. The molecular formula is C20H26O5. The number of aromatic hydroxyl groups is 1. The predicted octanol–water partition coefficient (Wildman–Crippen LogP) is 3.49. The third kappa shape index (κ3) is 2.80. The van der Waals surface area contributed by atoms with Gasteiger partial charge in [-0.3, -0.25) is 4.79 Å². The van der Waals surface area contributed by atoms with Crippen LogP contribution in [0.1, 0.15) is 63.0 Å². The Kier molecular flexibility index (Phi) is 3.91. The van der Waals surface area contributed by atoms with Crippen LogP contribution >= 0.6 is 0 Å². The van der Waals surface area contributed by atoms with Crippen molar-refractivity contribution in [3.8, 4) is 17.2 Å². The van der Waals surface area contributed by atoms with Crippen molar-refractivity contribution in [1.82, 2.24) is 0 Å². The van der Waals surface area contributed by atoms with Crippen LogP contribution in [0.25, 0.3) is 6.08 Å². The van der Waals surface area contributed by atoms with Crippen molar-refractivity contribution >= 4 is 11.9 Å². The highest BCUT2D eigenvalue weighted by molar-refractivity contribution is 6.04. The van der Waals surface area contributed by atoms with Crippen molar-refractivity contribution < 1.29 is 24.5 Å². The second kappa shape index (κ2) is 5.49. The van der Waals surface area contributed by atoms with E-state index in [1.54, 1.807) is 33.8 Å². The quantitative estimate of drug-likeness (QED) is 0.802. The number of ketones is 1. The van der Waals surface area contributed by atoms with Gasteiger partial charge in [0.1, 0.15) is 34.0 Å². The summed E-state index contributed by atoms with van der Waals surface area (Å²) in [5.41, 5.74) is -0.121. The van der Waals surface area contributed by atoms with Gasteiger partial charge in [-0.25, -0.2) is 0 Å². The number of fused-ring (bicyclic) bond motifs is 3. The highest BCUT2D eigenvalue weighted by Gasteiger charge is 2.43. The molecule has 0 saturated heterocycles. The van der Waals surface area contributed by atoms with Crippen LogP contribution in [0.3, 0.4) is 0 Å². The van der Waals surface area contributed by atoms with Crippen molar-refractivity contribution in [2.45, 2.75) is 65.3 Å². The Bertz CT molecular complexity index is 771. The minimum absolute atomic E-state index is 0.119. The van der Waals surface area contributed by atoms with Gasteiger partial charge in [-0.2, -0.15) is 0 Å². The lowest BCUT2D eigenvalue weighted by Crippen LogP contribution is -2.47. The molecule has 1 atom stereocenters. The Morgan fingerprint density at radius 1 is 1.20 bits per heavy atom. The van der Waals surface area contributed by atoms with E-state index >= 15 is 0 Å². The zero-order valence-electron chi connectivity index (χ0n) is 15.6. The number of ether oxygens (including phenoxy) is 2. The molecule has 0 radical (unpaired) electrons. The van der Waals surface area contributed by atoms with E-state index in [0.717, 1.165) is 0 Å². The maximum atomic E-state index is 12.8. The third-order valence-electron chi connectivity index (χ3n) is 4.86. The molecule has 1 aromatic rings. The first kappa shape index (κ1) is 17.8. The topological polar surface area (TPSA) is 76.0 Å². The molecule has 5 heteroatoms. The van der Waals surface area contributed by atoms with E-state index in [4.69, 9.17) is 9.47 Å². The average Bonchev–Trinajstić information content (AvgIpc) is 2.48. The lowest BCUT2D eigenvalue weighted by molar-refractivity contribution is -0.0428. The summed E-state index contributed by atoms with van der Waals surface area (Å²) in [5.74, 6) is 0.205. The molecule has 0 amide bonds. The Morgan fingerprint density at radius 2 is 1.84 bits per heavy atom. The standard InChI is InChI=1S/C20H26O5/c1-10(2)15(22)14-16(23)11-7-8-19(3,4)24-17(11)12-9-13(21)20(5,6)25-18(12)14/h7-8,10,13,21,23H,9H2,1-6H3. The molecule has 2 aliphatic rings. The molecule has 3 rings (SSSR count). The van der Waals surface area contributed by atoms with Crippen LogP contribution in [-0.4, -0.2) is 33.3 Å². The minimum atomic E-state index is -0.861. The molecule has 25 heavy (non-hydrogen) atoms. The molecule has 2 heterocycles. The highest BCUT2D eigenvalue weighted by atomic mass is 16.5. The predicted molar refractivity (Wildman–Crippen MR) is 95.4 cm³/mol. The second-order valence-corrected chi connectivity index (χ2v) is 8.26. The van der Waals surface area contributed by atoms with Gasteiger partial charge in [0.05, 0.1) is 11.7 Å². The fraction of sp³-hybridized carbons (Fsp3) is 0.550. The number of rotatable bonds is 2. The number of hydrogen-bond donors (Lipinski definition) is 2. The van der Waals surface area contributed by atoms with E-state index in [9.17, 15) is 15.0 Å². The van der Waals surface area contributed by atoms with Gasteiger partial charge >= 0.3 is 0 Å². The number of benzene rings is 1. The summed E-state index contributed by atoms with van der Waals surface area (Å²) in [6.07, 6.45) is 3.17. The molecule has 1 unspecified atom stereocenters. The maximum absolute atomic E-state index is 12.8. The van der Waals surface area contributed by atoms with Gasteiger partial charge in [0.15, 0.2) is 5.78 Å². The van der Waals surface area contributed by atoms with Crippen molar-refractivity contribution in [2.75, 3.05) is 0 Å². The lowest BCUT2D eigenvalue weighted by Gasteiger charge is -2.40. The van der Waals surface area contributed by atoms with E-state index in [0.29, 0.717) is 29.0 Å². The van der Waals surface area contributed by atoms with Gasteiger partial charge in [-0.05, 0) is 39.8 Å². The van der Waals surface area contributed by atoms with Crippen LogP contribution in [0, 0.1) is 5.92 Å². The maximum Gasteiger partial charge on any atom is 0.172 e. The Labute approximate surface area is 148 Å². The largest absolute Gasteiger partial charge is 0.506 e. The number of Topliss-reactive ketones (excluding diaryl/α,β-unsaturated/α-hetero) is 1. The Morgan fingerprint density at radius 3 is 2.44 bits per heavy atom. The molecule has 2 aliphatic heterocycles. The van der Waals surface area contributed by atoms with Crippen LogP contribution in [0.4, 0.5) is 0 Å². The van der Waals surface area contributed by atoms with E-state index in [2.05, 4.69) is 0 Å². The fourth-order valence-electron chi connectivity index (χ4n) is 3.20. The molecule has 0 saturated carbocycles. The number of hydrogen-bond acceptors (Lipinski definition) is 5. The normalized spacial score (nSPS) is 22.6. The van der Waals surface area contributed by atoms with Gasteiger partial charge in [0.25, 0.3) is 0 Å². The van der Waals surface area contributed by atoms with E-state index in [1.165, 1.54) is 0 Å². The first-order chi connectivity index (χ1) is 11.4. The van der Waals surface area contributed by atoms with Crippen molar-refractivity contribution in [2.24, 2.45) is 5.92 Å². The van der Waals surface area contributed by atoms with Crippen molar-refractivity contribution in [3.63, 3.8) is 0 Å². The molecule has 5 nitrogen and oxygen atoms in total. The van der Waals surface area contributed by atoms with Gasteiger partial charge in [-0.1, -0.05) is 13.8 Å². The van der Waals surface area contributed by atoms with Gasteiger partial charge in [0, 0.05) is 17.9 Å². The number of carbonyl (C=O) groups excluding carboxylic acids is 1. The number of phenols is 1. The molecule has 0 spiro atoms. The smallest absolute Gasteiger partial charge is 0.172 e. The number of aliphatic hydroxyl groups excluding tert-OH is 1. The fourth-order valence-corrected chi connectivity index (χ4v) is 3.20. The summed E-state index contributed by atoms with van der Waals surface area (Å²) in [5, 5.41) is 21.3. The number of aliphatic hydroxyl groups is 1. The third-order valence-corrected chi connectivity index (χ3v) is 4.86. The van der Waals surface area contributed by atoms with E-state index in [-0.39, 0.29) is 23.0 Å². The second-order valence-electron chi connectivity index (χ2n) is 8.26. The lowest BCUT2D eigenvalue weighted by atomic mass is 9.84. The first-order valence-corrected chi connectivity index (χ1v) is 8.66.